The van der Waals surface area contributed by atoms with Crippen molar-refractivity contribution in [2.75, 3.05) is 13.2 Å². The van der Waals surface area contributed by atoms with E-state index in [1.807, 2.05) is 30.3 Å². The summed E-state index contributed by atoms with van der Waals surface area (Å²) in [6, 6.07) is 7.15. The van der Waals surface area contributed by atoms with Gasteiger partial charge in [0.05, 0.1) is 19.3 Å². The number of nitrogens with zero attached hydrogens (tertiary/aromatic N) is 1. The molecule has 1 aromatic rings. The lowest BCUT2D eigenvalue weighted by Gasteiger charge is -2.29. The van der Waals surface area contributed by atoms with E-state index in [9.17, 15) is 19.5 Å². The Morgan fingerprint density at radius 3 is 2.73 bits per heavy atom. The molecule has 0 radical (unpaired) electrons. The van der Waals surface area contributed by atoms with Crippen LogP contribution in [0.2, 0.25) is 0 Å². The highest BCUT2D eigenvalue weighted by Crippen LogP contribution is 2.35. The Morgan fingerprint density at radius 1 is 1.31 bits per heavy atom. The second kappa shape index (κ2) is 7.74. The maximum atomic E-state index is 12.7. The Kier molecular flexibility index (Phi) is 5.41. The van der Waals surface area contributed by atoms with Crippen molar-refractivity contribution >= 4 is 18.0 Å². The Labute approximate surface area is 151 Å². The first-order valence-electron chi connectivity index (χ1n) is 8.57. The van der Waals surface area contributed by atoms with Gasteiger partial charge in [0, 0.05) is 5.92 Å². The number of carboxylic acids is 1. The van der Waals surface area contributed by atoms with Gasteiger partial charge in [0.2, 0.25) is 5.91 Å². The lowest BCUT2D eigenvalue weighted by molar-refractivity contribution is -0.150. The van der Waals surface area contributed by atoms with E-state index >= 15 is 0 Å². The van der Waals surface area contributed by atoms with Gasteiger partial charge in [-0.1, -0.05) is 30.3 Å². The minimum Gasteiger partial charge on any atom is -0.480 e. The molecule has 2 N–H and O–H groups in total. The fourth-order valence-corrected chi connectivity index (χ4v) is 3.52. The molecular weight excluding hydrogens is 340 g/mol. The molecule has 0 bridgehead atoms. The number of amides is 2. The van der Waals surface area contributed by atoms with Gasteiger partial charge in [-0.2, -0.15) is 0 Å². The Balaban J connectivity index is 1.57. The largest absolute Gasteiger partial charge is 0.480 e. The molecule has 8 heteroatoms. The first-order valence-corrected chi connectivity index (χ1v) is 8.57. The van der Waals surface area contributed by atoms with Gasteiger partial charge in [-0.3, -0.25) is 4.79 Å². The molecule has 8 nitrogen and oxygen atoms in total. The molecule has 2 aliphatic rings. The van der Waals surface area contributed by atoms with Gasteiger partial charge >= 0.3 is 12.1 Å². The summed E-state index contributed by atoms with van der Waals surface area (Å²) in [4.78, 5) is 37.5. The van der Waals surface area contributed by atoms with Gasteiger partial charge < -0.3 is 24.8 Å². The summed E-state index contributed by atoms with van der Waals surface area (Å²) in [5, 5.41) is 11.9. The normalized spacial score (nSPS) is 25.4. The van der Waals surface area contributed by atoms with Crippen LogP contribution in [0.15, 0.2) is 30.3 Å². The van der Waals surface area contributed by atoms with Crippen molar-refractivity contribution in [2.24, 2.45) is 5.92 Å². The molecule has 0 spiro atoms. The SMILES string of the molecule is C[C@H](NC(=O)OCc1ccccc1)C(=O)N1C2COCC2C[C@H]1C(=O)O. The predicted molar refractivity (Wildman–Crippen MR) is 90.2 cm³/mol. The number of fused-ring (bicyclic) bond motifs is 1. The van der Waals surface area contributed by atoms with Gasteiger partial charge in [0.15, 0.2) is 0 Å². The summed E-state index contributed by atoms with van der Waals surface area (Å²) in [6.07, 6.45) is -0.350. The van der Waals surface area contributed by atoms with Crippen LogP contribution in [0.5, 0.6) is 0 Å². The molecule has 2 unspecified atom stereocenters. The number of likely N-dealkylation sites (tertiary alicyclic amines) is 1. The van der Waals surface area contributed by atoms with Crippen molar-refractivity contribution < 1.29 is 29.0 Å². The fourth-order valence-electron chi connectivity index (χ4n) is 3.52. The Morgan fingerprint density at radius 2 is 2.04 bits per heavy atom. The maximum Gasteiger partial charge on any atom is 0.408 e. The van der Waals surface area contributed by atoms with Crippen LogP contribution in [-0.2, 0) is 25.7 Å². The molecule has 0 aliphatic carbocycles. The van der Waals surface area contributed by atoms with E-state index in [4.69, 9.17) is 9.47 Å². The van der Waals surface area contributed by atoms with Crippen molar-refractivity contribution in [2.45, 2.75) is 38.1 Å². The molecule has 0 saturated carbocycles. The molecule has 26 heavy (non-hydrogen) atoms. The first kappa shape index (κ1) is 18.2. The van der Waals surface area contributed by atoms with Crippen molar-refractivity contribution in [3.63, 3.8) is 0 Å². The molecule has 3 rings (SSSR count). The molecule has 2 fully saturated rings. The quantitative estimate of drug-likeness (QED) is 0.810. The van der Waals surface area contributed by atoms with E-state index in [-0.39, 0.29) is 18.6 Å². The summed E-state index contributed by atoms with van der Waals surface area (Å²) in [7, 11) is 0. The van der Waals surface area contributed by atoms with Gasteiger partial charge in [-0.15, -0.1) is 0 Å². The van der Waals surface area contributed by atoms with Gasteiger partial charge in [0.25, 0.3) is 0 Å². The second-order valence-electron chi connectivity index (χ2n) is 6.63. The number of hydrogen-bond acceptors (Lipinski definition) is 5. The van der Waals surface area contributed by atoms with E-state index < -0.39 is 30.1 Å². The van der Waals surface area contributed by atoms with Crippen molar-refractivity contribution in [3.05, 3.63) is 35.9 Å². The molecule has 140 valence electrons. The smallest absolute Gasteiger partial charge is 0.408 e. The molecule has 0 aromatic heterocycles. The van der Waals surface area contributed by atoms with E-state index in [1.54, 1.807) is 0 Å². The van der Waals surface area contributed by atoms with Crippen LogP contribution in [0.3, 0.4) is 0 Å². The second-order valence-corrected chi connectivity index (χ2v) is 6.63. The van der Waals surface area contributed by atoms with Crippen LogP contribution in [0.4, 0.5) is 4.79 Å². The highest BCUT2D eigenvalue weighted by atomic mass is 16.5. The molecule has 1 aromatic carbocycles. The van der Waals surface area contributed by atoms with Crippen LogP contribution >= 0.6 is 0 Å². The zero-order valence-electron chi connectivity index (χ0n) is 14.5. The molecule has 2 heterocycles. The van der Waals surface area contributed by atoms with Crippen molar-refractivity contribution in [1.82, 2.24) is 10.2 Å². The van der Waals surface area contributed by atoms with E-state index in [0.717, 1.165) is 5.56 Å². The third-order valence-electron chi connectivity index (χ3n) is 4.84. The molecule has 2 amide bonds. The highest BCUT2D eigenvalue weighted by molar-refractivity contribution is 5.90. The van der Waals surface area contributed by atoms with Gasteiger partial charge in [-0.05, 0) is 18.9 Å². The highest BCUT2D eigenvalue weighted by Gasteiger charge is 2.50. The maximum absolute atomic E-state index is 12.7. The number of nitrogens with one attached hydrogen (secondary N) is 1. The van der Waals surface area contributed by atoms with Crippen LogP contribution in [0.1, 0.15) is 18.9 Å². The molecule has 2 saturated heterocycles. The number of carboxylic acid groups (broad SMARTS) is 1. The topological polar surface area (TPSA) is 105 Å². The number of rotatable bonds is 5. The standard InChI is InChI=1S/C18H22N2O6/c1-11(19-18(24)26-8-12-5-3-2-4-6-12)16(21)20-14(17(22)23)7-13-9-25-10-15(13)20/h2-6,11,13-15H,7-10H2,1H3,(H,19,24)(H,22,23)/t11-,13?,14-,15?/m0/s1. The number of aliphatic carboxylic acids is 1. The summed E-state index contributed by atoms with van der Waals surface area (Å²) in [5.74, 6) is -1.45. The van der Waals surface area contributed by atoms with Crippen LogP contribution in [0, 0.1) is 5.92 Å². The van der Waals surface area contributed by atoms with Crippen molar-refractivity contribution in [3.8, 4) is 0 Å². The first-order chi connectivity index (χ1) is 12.5. The number of benzene rings is 1. The Hall–Kier alpha value is -2.61. The number of hydrogen-bond donors (Lipinski definition) is 2. The minimum absolute atomic E-state index is 0.0253. The van der Waals surface area contributed by atoms with Crippen LogP contribution < -0.4 is 5.32 Å². The van der Waals surface area contributed by atoms with Gasteiger partial charge in [-0.25, -0.2) is 9.59 Å². The monoisotopic (exact) mass is 362 g/mol. The molecule has 4 atom stereocenters. The third kappa shape index (κ3) is 3.80. The average molecular weight is 362 g/mol. The number of carbonyl (C=O) groups is 3. The van der Waals surface area contributed by atoms with Crippen LogP contribution in [0.25, 0.3) is 0 Å². The fraction of sp³-hybridized carbons (Fsp3) is 0.500. The lowest BCUT2D eigenvalue weighted by atomic mass is 10.0. The number of ether oxygens (including phenoxy) is 2. The van der Waals surface area contributed by atoms with E-state index in [1.165, 1.54) is 11.8 Å². The summed E-state index contributed by atoms with van der Waals surface area (Å²) < 4.78 is 10.5. The zero-order chi connectivity index (χ0) is 18.7. The summed E-state index contributed by atoms with van der Waals surface area (Å²) in [6.45, 7) is 2.40. The van der Waals surface area contributed by atoms with Crippen molar-refractivity contribution in [1.29, 1.82) is 0 Å². The van der Waals surface area contributed by atoms with E-state index in [2.05, 4.69) is 5.32 Å². The summed E-state index contributed by atoms with van der Waals surface area (Å²) in [5.41, 5.74) is 0.832. The molecular formula is C18H22N2O6. The predicted octanol–water partition coefficient (Wildman–Crippen LogP) is 1.00. The number of carbonyl (C=O) groups excluding carboxylic acids is 2. The molecule has 2 aliphatic heterocycles. The van der Waals surface area contributed by atoms with Crippen LogP contribution in [-0.4, -0.2) is 59.3 Å². The van der Waals surface area contributed by atoms with Gasteiger partial charge in [0.1, 0.15) is 18.7 Å². The van der Waals surface area contributed by atoms with E-state index in [0.29, 0.717) is 19.6 Å². The summed E-state index contributed by atoms with van der Waals surface area (Å²) >= 11 is 0. The zero-order valence-corrected chi connectivity index (χ0v) is 14.5. The number of alkyl carbamates (subject to hydrolysis) is 1. The third-order valence-corrected chi connectivity index (χ3v) is 4.84. The lowest BCUT2D eigenvalue weighted by Crippen LogP contribution is -2.53. The minimum atomic E-state index is -1.04. The Bertz CT molecular complexity index is 680. The average Bonchev–Trinajstić information content (AvgIpc) is 3.21.